The van der Waals surface area contributed by atoms with Crippen LogP contribution in [0.2, 0.25) is 0 Å². The molecule has 0 aliphatic rings. The Kier molecular flexibility index (Phi) is 5.00. The Bertz CT molecular complexity index is 50.5. The highest BCUT2D eigenvalue weighted by Gasteiger charge is 2.07. The zero-order valence-electron chi connectivity index (χ0n) is 5.82. The highest BCUT2D eigenvalue weighted by Crippen LogP contribution is 2.41. The molecule has 0 saturated heterocycles. The Morgan fingerprint density at radius 2 is 1.75 bits per heavy atom. The van der Waals surface area contributed by atoms with Crippen LogP contribution in [0.25, 0.3) is 0 Å². The second-order valence-electron chi connectivity index (χ2n) is 1.80. The molecular formula is C6H14ClP. The van der Waals surface area contributed by atoms with Gasteiger partial charge in [0.1, 0.15) is 0 Å². The van der Waals surface area contributed by atoms with E-state index < -0.39 is 0 Å². The topological polar surface area (TPSA) is 0 Å². The van der Waals surface area contributed by atoms with Gasteiger partial charge in [-0.3, -0.25) is 0 Å². The molecule has 0 amide bonds. The summed E-state index contributed by atoms with van der Waals surface area (Å²) in [6.45, 7) is 6.53. The number of hydrogen-bond acceptors (Lipinski definition) is 0. The van der Waals surface area contributed by atoms with E-state index in [0.717, 1.165) is 0 Å². The van der Waals surface area contributed by atoms with Gasteiger partial charge in [-0.1, -0.05) is 21.8 Å². The molecule has 0 nitrogen and oxygen atoms in total. The van der Waals surface area contributed by atoms with Crippen LogP contribution in [-0.2, 0) is 0 Å². The van der Waals surface area contributed by atoms with Crippen molar-refractivity contribution >= 4 is 19.5 Å². The molecule has 0 N–H and O–H groups in total. The molecule has 0 radical (unpaired) electrons. The Morgan fingerprint density at radius 1 is 1.38 bits per heavy atom. The Morgan fingerprint density at radius 3 is 1.75 bits per heavy atom. The summed E-state index contributed by atoms with van der Waals surface area (Å²) in [4.78, 5) is 0. The van der Waals surface area contributed by atoms with E-state index >= 15 is 0 Å². The molecule has 0 aromatic carbocycles. The van der Waals surface area contributed by atoms with E-state index in [1.54, 1.807) is 0 Å². The van der Waals surface area contributed by atoms with Gasteiger partial charge in [0.25, 0.3) is 0 Å². The molecule has 0 aromatic rings. The number of alkyl halides is 1. The minimum atomic E-state index is 0.150. The van der Waals surface area contributed by atoms with Crippen molar-refractivity contribution in [2.24, 2.45) is 0 Å². The van der Waals surface area contributed by atoms with Crippen LogP contribution in [0.15, 0.2) is 0 Å². The Labute approximate surface area is 58.4 Å². The van der Waals surface area contributed by atoms with E-state index in [9.17, 15) is 0 Å². The monoisotopic (exact) mass is 152 g/mol. The molecule has 0 heterocycles. The van der Waals surface area contributed by atoms with Crippen molar-refractivity contribution in [2.45, 2.75) is 25.9 Å². The lowest BCUT2D eigenvalue weighted by atomic mass is 10.9. The Balaban J connectivity index is 3.35. The largest absolute Gasteiger partial charge is 0.118 e. The van der Waals surface area contributed by atoms with Crippen molar-refractivity contribution < 1.29 is 0 Å². The van der Waals surface area contributed by atoms with Gasteiger partial charge in [-0.2, -0.15) is 0 Å². The van der Waals surface area contributed by atoms with E-state index in [1.807, 2.05) is 0 Å². The van der Waals surface area contributed by atoms with Gasteiger partial charge in [-0.15, -0.1) is 11.6 Å². The fourth-order valence-electron chi connectivity index (χ4n) is 0.727. The minimum absolute atomic E-state index is 0.150. The predicted octanol–water partition coefficient (Wildman–Crippen LogP) is 3.09. The van der Waals surface area contributed by atoms with Crippen LogP contribution >= 0.6 is 19.5 Å². The minimum Gasteiger partial charge on any atom is -0.118 e. The zero-order chi connectivity index (χ0) is 6.57. The van der Waals surface area contributed by atoms with Gasteiger partial charge in [-0.05, 0) is 19.2 Å². The normalized spacial score (nSPS) is 14.6. The van der Waals surface area contributed by atoms with Crippen LogP contribution in [-0.4, -0.2) is 17.4 Å². The van der Waals surface area contributed by atoms with Crippen molar-refractivity contribution in [3.8, 4) is 0 Å². The van der Waals surface area contributed by atoms with Crippen molar-refractivity contribution in [1.82, 2.24) is 0 Å². The highest BCUT2D eigenvalue weighted by molar-refractivity contribution is 7.60. The van der Waals surface area contributed by atoms with Crippen LogP contribution in [0.1, 0.15) is 20.8 Å². The molecular weight excluding hydrogens is 138 g/mol. The SMILES string of the molecule is CCP(CC)C(C)Cl. The van der Waals surface area contributed by atoms with Crippen molar-refractivity contribution in [3.63, 3.8) is 0 Å². The average Bonchev–Trinajstić information content (AvgIpc) is 1.69. The molecule has 0 saturated carbocycles. The zero-order valence-corrected chi connectivity index (χ0v) is 7.47. The molecule has 1 atom stereocenters. The quantitative estimate of drug-likeness (QED) is 0.431. The molecule has 0 aliphatic heterocycles. The molecule has 0 aromatic heterocycles. The van der Waals surface area contributed by atoms with Gasteiger partial charge < -0.3 is 0 Å². The standard InChI is InChI=1S/C6H14ClP/c1-4-8(5-2)6(3)7/h6H,4-5H2,1-3H3. The van der Waals surface area contributed by atoms with Gasteiger partial charge in [0.15, 0.2) is 0 Å². The van der Waals surface area contributed by atoms with Gasteiger partial charge in [0, 0.05) is 0 Å². The summed E-state index contributed by atoms with van der Waals surface area (Å²) in [5.74, 6) is 0. The van der Waals surface area contributed by atoms with Crippen LogP contribution in [0.5, 0.6) is 0 Å². The fraction of sp³-hybridized carbons (Fsp3) is 1.00. The summed E-state index contributed by atoms with van der Waals surface area (Å²) in [6.07, 6.45) is 2.55. The molecule has 8 heavy (non-hydrogen) atoms. The maximum Gasteiger partial charge on any atom is 0.0505 e. The number of rotatable bonds is 3. The summed E-state index contributed by atoms with van der Waals surface area (Å²) in [5, 5.41) is 0.417. The summed E-state index contributed by atoms with van der Waals surface area (Å²) < 4.78 is 0. The number of halogens is 1. The average molecular weight is 153 g/mol. The summed E-state index contributed by atoms with van der Waals surface area (Å²) in [7, 11) is 0.150. The van der Waals surface area contributed by atoms with Gasteiger partial charge in [0.2, 0.25) is 0 Å². The summed E-state index contributed by atoms with van der Waals surface area (Å²) >= 11 is 5.87. The lowest BCUT2D eigenvalue weighted by Gasteiger charge is -2.14. The third-order valence-electron chi connectivity index (χ3n) is 1.32. The fourth-order valence-corrected chi connectivity index (χ4v) is 3.01. The molecule has 1 unspecified atom stereocenters. The first-order valence-corrected chi connectivity index (χ1v) is 5.32. The third-order valence-corrected chi connectivity index (χ3v) is 4.77. The van der Waals surface area contributed by atoms with Crippen molar-refractivity contribution in [3.05, 3.63) is 0 Å². The summed E-state index contributed by atoms with van der Waals surface area (Å²) in [6, 6.07) is 0. The first kappa shape index (κ1) is 8.72. The predicted molar refractivity (Wildman–Crippen MR) is 43.3 cm³/mol. The molecule has 0 bridgehead atoms. The molecule has 2 heteroatoms. The molecule has 0 spiro atoms. The Hall–Kier alpha value is 0.720. The molecule has 0 rings (SSSR count). The van der Waals surface area contributed by atoms with E-state index in [2.05, 4.69) is 20.8 Å². The second kappa shape index (κ2) is 4.58. The maximum atomic E-state index is 5.87. The van der Waals surface area contributed by atoms with E-state index in [1.165, 1.54) is 12.3 Å². The van der Waals surface area contributed by atoms with Crippen molar-refractivity contribution in [2.75, 3.05) is 12.3 Å². The van der Waals surface area contributed by atoms with Crippen LogP contribution in [0.3, 0.4) is 0 Å². The maximum absolute atomic E-state index is 5.87. The van der Waals surface area contributed by atoms with Gasteiger partial charge in [0.05, 0.1) is 5.12 Å². The lowest BCUT2D eigenvalue weighted by Crippen LogP contribution is -1.92. The van der Waals surface area contributed by atoms with E-state index in [0.29, 0.717) is 5.12 Å². The van der Waals surface area contributed by atoms with Gasteiger partial charge >= 0.3 is 0 Å². The molecule has 0 fully saturated rings. The smallest absolute Gasteiger partial charge is 0.0505 e. The molecule has 50 valence electrons. The molecule has 0 aliphatic carbocycles. The van der Waals surface area contributed by atoms with E-state index in [4.69, 9.17) is 11.6 Å². The first-order valence-electron chi connectivity index (χ1n) is 3.10. The van der Waals surface area contributed by atoms with Crippen molar-refractivity contribution in [1.29, 1.82) is 0 Å². The summed E-state index contributed by atoms with van der Waals surface area (Å²) in [5.41, 5.74) is 0. The third kappa shape index (κ3) is 2.89. The first-order chi connectivity index (χ1) is 3.72. The highest BCUT2D eigenvalue weighted by atomic mass is 35.5. The van der Waals surface area contributed by atoms with Crippen LogP contribution in [0, 0.1) is 0 Å². The number of hydrogen-bond donors (Lipinski definition) is 0. The lowest BCUT2D eigenvalue weighted by molar-refractivity contribution is 1.29. The van der Waals surface area contributed by atoms with Gasteiger partial charge in [-0.25, -0.2) is 0 Å². The van der Waals surface area contributed by atoms with Crippen LogP contribution < -0.4 is 0 Å². The van der Waals surface area contributed by atoms with Crippen LogP contribution in [0.4, 0.5) is 0 Å². The second-order valence-corrected chi connectivity index (χ2v) is 5.97. The van der Waals surface area contributed by atoms with E-state index in [-0.39, 0.29) is 7.92 Å².